The number of aromatic nitrogens is 3. The lowest BCUT2D eigenvalue weighted by molar-refractivity contribution is 0.895. The van der Waals surface area contributed by atoms with Crippen molar-refractivity contribution in [1.29, 1.82) is 5.26 Å². The van der Waals surface area contributed by atoms with E-state index in [4.69, 9.17) is 0 Å². The van der Waals surface area contributed by atoms with Crippen molar-refractivity contribution in [3.05, 3.63) is 83.1 Å². The fourth-order valence-corrected chi connectivity index (χ4v) is 3.53. The Morgan fingerprint density at radius 2 is 1.96 bits per heavy atom. The Balaban J connectivity index is 1.73. The number of rotatable bonds is 5. The third-order valence-electron chi connectivity index (χ3n) is 5.14. The third kappa shape index (κ3) is 3.33. The van der Waals surface area contributed by atoms with E-state index in [0.717, 1.165) is 52.2 Å². The van der Waals surface area contributed by atoms with Crippen molar-refractivity contribution in [3.8, 4) is 6.07 Å². The van der Waals surface area contributed by atoms with Gasteiger partial charge in [-0.25, -0.2) is 0 Å². The molecular formula is C23H21N5. The van der Waals surface area contributed by atoms with Crippen LogP contribution in [0.5, 0.6) is 0 Å². The van der Waals surface area contributed by atoms with Crippen molar-refractivity contribution in [3.63, 3.8) is 0 Å². The van der Waals surface area contributed by atoms with E-state index in [0.29, 0.717) is 5.56 Å². The van der Waals surface area contributed by atoms with Gasteiger partial charge < -0.3 is 10.3 Å². The molecule has 0 atom stereocenters. The number of aryl methyl sites for hydroxylation is 3. The van der Waals surface area contributed by atoms with Gasteiger partial charge in [-0.15, -0.1) is 0 Å². The lowest BCUT2D eigenvalue weighted by atomic mass is 10.0. The Kier molecular flexibility index (Phi) is 4.77. The predicted octanol–water partition coefficient (Wildman–Crippen LogP) is 4.98. The summed E-state index contributed by atoms with van der Waals surface area (Å²) in [5, 5.41) is 14.4. The van der Waals surface area contributed by atoms with Crippen molar-refractivity contribution in [2.45, 2.75) is 26.7 Å². The summed E-state index contributed by atoms with van der Waals surface area (Å²) in [5.41, 5.74) is 7.64. The zero-order chi connectivity index (χ0) is 19.5. The smallest absolute Gasteiger partial charge is 0.103 e. The lowest BCUT2D eigenvalue weighted by Crippen LogP contribution is -2.06. The quantitative estimate of drug-likeness (QED) is 0.522. The molecule has 2 N–H and O–H groups in total. The van der Waals surface area contributed by atoms with Crippen LogP contribution in [-0.2, 0) is 12.8 Å². The Bertz CT molecular complexity index is 1170. The molecule has 3 aromatic heterocycles. The van der Waals surface area contributed by atoms with E-state index in [1.54, 1.807) is 12.4 Å². The minimum absolute atomic E-state index is 0.551. The number of nitrogens with one attached hydrogen (secondary N) is 2. The number of nitrogens with zero attached hydrogens (tertiary/aromatic N) is 3. The first-order valence-corrected chi connectivity index (χ1v) is 9.29. The molecule has 0 bridgehead atoms. The molecule has 5 heteroatoms. The molecule has 0 saturated carbocycles. The van der Waals surface area contributed by atoms with Gasteiger partial charge in [-0.3, -0.25) is 9.97 Å². The van der Waals surface area contributed by atoms with E-state index in [1.165, 1.54) is 5.39 Å². The van der Waals surface area contributed by atoms with Gasteiger partial charge in [-0.05, 0) is 68.1 Å². The highest BCUT2D eigenvalue weighted by molar-refractivity contribution is 5.89. The maximum absolute atomic E-state index is 9.66. The maximum Gasteiger partial charge on any atom is 0.103 e. The Morgan fingerprint density at radius 3 is 2.75 bits per heavy atom. The van der Waals surface area contributed by atoms with Gasteiger partial charge in [0.2, 0.25) is 0 Å². The van der Waals surface area contributed by atoms with E-state index < -0.39 is 0 Å². The van der Waals surface area contributed by atoms with Gasteiger partial charge in [0.1, 0.15) is 6.07 Å². The Hall–Kier alpha value is -3.65. The second-order valence-corrected chi connectivity index (χ2v) is 6.85. The average molecular weight is 367 g/mol. The fraction of sp³-hybridized carbons (Fsp3) is 0.174. The van der Waals surface area contributed by atoms with Crippen LogP contribution in [0.15, 0.2) is 55.0 Å². The van der Waals surface area contributed by atoms with E-state index in [2.05, 4.69) is 45.4 Å². The normalized spacial score (nSPS) is 10.8. The number of fused-ring (bicyclic) bond motifs is 1. The molecule has 0 spiro atoms. The molecule has 5 nitrogen and oxygen atoms in total. The summed E-state index contributed by atoms with van der Waals surface area (Å²) in [4.78, 5) is 12.1. The first-order chi connectivity index (χ1) is 13.7. The standard InChI is InChI=1S/C23H21N5/c1-15-19-10-12-26-22(19)9-8-21(15)28-23-17(13-24)14-27-16(2)20(23)7-6-18-5-3-4-11-25-18/h3-5,8-12,14,26H,6-7H2,1-2H3,(H,27,28). The summed E-state index contributed by atoms with van der Waals surface area (Å²) in [5.74, 6) is 0. The van der Waals surface area contributed by atoms with Crippen molar-refractivity contribution >= 4 is 22.3 Å². The first kappa shape index (κ1) is 17.7. The number of anilines is 2. The largest absolute Gasteiger partial charge is 0.361 e. The van der Waals surface area contributed by atoms with Crippen LogP contribution in [0, 0.1) is 25.2 Å². The third-order valence-corrected chi connectivity index (χ3v) is 5.14. The number of hydrogen-bond donors (Lipinski definition) is 2. The molecule has 0 radical (unpaired) electrons. The van der Waals surface area contributed by atoms with Crippen LogP contribution in [0.2, 0.25) is 0 Å². The second kappa shape index (κ2) is 7.53. The molecule has 0 fully saturated rings. The Morgan fingerprint density at radius 1 is 1.07 bits per heavy atom. The predicted molar refractivity (Wildman–Crippen MR) is 112 cm³/mol. The van der Waals surface area contributed by atoms with Crippen molar-refractivity contribution in [2.75, 3.05) is 5.32 Å². The number of H-pyrrole nitrogens is 1. The number of hydrogen-bond acceptors (Lipinski definition) is 4. The van der Waals surface area contributed by atoms with Crippen LogP contribution in [0.4, 0.5) is 11.4 Å². The number of pyridine rings is 2. The van der Waals surface area contributed by atoms with E-state index in [9.17, 15) is 5.26 Å². The van der Waals surface area contributed by atoms with Crippen LogP contribution < -0.4 is 5.32 Å². The average Bonchev–Trinajstić information content (AvgIpc) is 3.20. The molecule has 4 aromatic rings. The van der Waals surface area contributed by atoms with Crippen molar-refractivity contribution < 1.29 is 0 Å². The van der Waals surface area contributed by atoms with E-state index in [-0.39, 0.29) is 0 Å². The summed E-state index contributed by atoms with van der Waals surface area (Å²) in [6, 6.07) is 14.4. The highest BCUT2D eigenvalue weighted by atomic mass is 14.9. The highest BCUT2D eigenvalue weighted by Crippen LogP contribution is 2.32. The van der Waals surface area contributed by atoms with Crippen LogP contribution in [0.3, 0.4) is 0 Å². The molecule has 138 valence electrons. The number of benzene rings is 1. The first-order valence-electron chi connectivity index (χ1n) is 9.29. The van der Waals surface area contributed by atoms with Crippen LogP contribution >= 0.6 is 0 Å². The van der Waals surface area contributed by atoms with Gasteiger partial charge in [-0.2, -0.15) is 5.26 Å². The van der Waals surface area contributed by atoms with Gasteiger partial charge in [0, 0.05) is 46.6 Å². The van der Waals surface area contributed by atoms with Gasteiger partial charge in [0.15, 0.2) is 0 Å². The molecule has 0 aliphatic carbocycles. The van der Waals surface area contributed by atoms with Crippen molar-refractivity contribution in [1.82, 2.24) is 15.0 Å². The minimum atomic E-state index is 0.551. The molecule has 0 aliphatic rings. The molecule has 0 saturated heterocycles. The van der Waals surface area contributed by atoms with E-state index in [1.807, 2.05) is 37.4 Å². The van der Waals surface area contributed by atoms with Crippen LogP contribution in [-0.4, -0.2) is 15.0 Å². The summed E-state index contributed by atoms with van der Waals surface area (Å²) in [6.45, 7) is 4.08. The topological polar surface area (TPSA) is 77.4 Å². The Labute approximate surface area is 164 Å². The van der Waals surface area contributed by atoms with E-state index >= 15 is 0 Å². The highest BCUT2D eigenvalue weighted by Gasteiger charge is 2.15. The van der Waals surface area contributed by atoms with Gasteiger partial charge in [0.25, 0.3) is 0 Å². The summed E-state index contributed by atoms with van der Waals surface area (Å²) in [7, 11) is 0. The SMILES string of the molecule is Cc1ncc(C#N)c(Nc2ccc3[nH]ccc3c2C)c1CCc1ccccn1. The molecule has 1 aromatic carbocycles. The molecule has 0 aliphatic heterocycles. The lowest BCUT2D eigenvalue weighted by Gasteiger charge is -2.17. The zero-order valence-corrected chi connectivity index (χ0v) is 16.0. The summed E-state index contributed by atoms with van der Waals surface area (Å²) in [6.07, 6.45) is 6.95. The molecule has 4 rings (SSSR count). The summed E-state index contributed by atoms with van der Waals surface area (Å²) >= 11 is 0. The van der Waals surface area contributed by atoms with Gasteiger partial charge in [-0.1, -0.05) is 6.07 Å². The molecule has 0 amide bonds. The fourth-order valence-electron chi connectivity index (χ4n) is 3.53. The zero-order valence-electron chi connectivity index (χ0n) is 16.0. The molecule has 28 heavy (non-hydrogen) atoms. The molecule has 3 heterocycles. The van der Waals surface area contributed by atoms with Crippen LogP contribution in [0.25, 0.3) is 10.9 Å². The monoisotopic (exact) mass is 367 g/mol. The number of nitriles is 1. The second-order valence-electron chi connectivity index (χ2n) is 6.85. The van der Waals surface area contributed by atoms with Gasteiger partial charge in [0.05, 0.1) is 11.3 Å². The molecule has 0 unspecified atom stereocenters. The number of aromatic amines is 1. The van der Waals surface area contributed by atoms with Crippen LogP contribution in [0.1, 0.15) is 28.1 Å². The maximum atomic E-state index is 9.66. The minimum Gasteiger partial charge on any atom is -0.361 e. The summed E-state index contributed by atoms with van der Waals surface area (Å²) < 4.78 is 0. The van der Waals surface area contributed by atoms with Gasteiger partial charge >= 0.3 is 0 Å². The van der Waals surface area contributed by atoms with Crippen molar-refractivity contribution in [2.24, 2.45) is 0 Å². The molecular weight excluding hydrogens is 346 g/mol.